The Hall–Kier alpha value is -3.46. The monoisotopic (exact) mass is 579 g/mol. The van der Waals surface area contributed by atoms with Crippen molar-refractivity contribution < 1.29 is 14.3 Å². The zero-order valence-electron chi connectivity index (χ0n) is 22.7. The van der Waals surface area contributed by atoms with E-state index in [1.54, 1.807) is 48.9 Å². The molecule has 0 aliphatic carbocycles. The summed E-state index contributed by atoms with van der Waals surface area (Å²) in [7, 11) is 3.06. The fraction of sp³-hybridized carbons (Fsp3) is 0.333. The largest absolute Gasteiger partial charge is 0.495 e. The number of nitrogens with one attached hydrogen (secondary N) is 1. The van der Waals surface area contributed by atoms with E-state index >= 15 is 0 Å². The summed E-state index contributed by atoms with van der Waals surface area (Å²) in [4.78, 5) is 29.7. The lowest BCUT2D eigenvalue weighted by molar-refractivity contribution is 0.102. The molecule has 4 aromatic rings. The highest BCUT2D eigenvalue weighted by Crippen LogP contribution is 2.47. The lowest BCUT2D eigenvalue weighted by Gasteiger charge is -2.30. The van der Waals surface area contributed by atoms with E-state index < -0.39 is 0 Å². The zero-order valence-corrected chi connectivity index (χ0v) is 24.2. The third kappa shape index (κ3) is 5.70. The summed E-state index contributed by atoms with van der Waals surface area (Å²) in [5.74, 6) is 1.02. The molecule has 0 saturated carbocycles. The van der Waals surface area contributed by atoms with Crippen LogP contribution in [-0.4, -0.2) is 59.6 Å². The molecule has 1 N–H and O–H groups in total. The van der Waals surface area contributed by atoms with Crippen molar-refractivity contribution in [3.8, 4) is 22.6 Å². The zero-order chi connectivity index (χ0) is 28.2. The summed E-state index contributed by atoms with van der Waals surface area (Å²) in [5, 5.41) is 3.53. The first-order valence-electron chi connectivity index (χ1n) is 13.3. The number of fused-ring (bicyclic) bond motifs is 1. The molecule has 208 valence electrons. The summed E-state index contributed by atoms with van der Waals surface area (Å²) in [6.07, 6.45) is 8.03. The number of pyridine rings is 1. The lowest BCUT2D eigenvalue weighted by atomic mass is 9.92. The van der Waals surface area contributed by atoms with Crippen LogP contribution in [0.5, 0.6) is 11.5 Å². The number of hydrogen-bond donors (Lipinski definition) is 1. The van der Waals surface area contributed by atoms with Crippen LogP contribution in [0.1, 0.15) is 35.8 Å². The Morgan fingerprint density at radius 2 is 1.77 bits per heavy atom. The number of nitrogens with zero attached hydrogens (tertiary/aromatic N) is 4. The molecule has 0 spiro atoms. The lowest BCUT2D eigenvalue weighted by Crippen LogP contribution is -2.34. The number of amides is 1. The number of carbonyl (C=O) groups is 1. The fourth-order valence-corrected chi connectivity index (χ4v) is 5.88. The van der Waals surface area contributed by atoms with Gasteiger partial charge in [0.2, 0.25) is 0 Å². The summed E-state index contributed by atoms with van der Waals surface area (Å²) in [5.41, 5.74) is 3.92. The van der Waals surface area contributed by atoms with Gasteiger partial charge in [-0.3, -0.25) is 14.8 Å². The van der Waals surface area contributed by atoms with Crippen LogP contribution in [0.15, 0.2) is 48.9 Å². The van der Waals surface area contributed by atoms with Crippen LogP contribution in [0.25, 0.3) is 22.2 Å². The molecular formula is C30H31Cl2N5O3. The van der Waals surface area contributed by atoms with Crippen molar-refractivity contribution in [2.24, 2.45) is 5.92 Å². The van der Waals surface area contributed by atoms with Crippen molar-refractivity contribution in [3.05, 3.63) is 70.2 Å². The van der Waals surface area contributed by atoms with Gasteiger partial charge in [-0.2, -0.15) is 0 Å². The first kappa shape index (κ1) is 28.1. The van der Waals surface area contributed by atoms with Gasteiger partial charge >= 0.3 is 0 Å². The first-order chi connectivity index (χ1) is 19.4. The van der Waals surface area contributed by atoms with Crippen LogP contribution < -0.4 is 14.8 Å². The second kappa shape index (κ2) is 12.4. The highest BCUT2D eigenvalue weighted by molar-refractivity contribution is 6.41. The number of anilines is 1. The summed E-state index contributed by atoms with van der Waals surface area (Å²) in [6.45, 7) is 5.44. The minimum atomic E-state index is -0.320. The average Bonchev–Trinajstić information content (AvgIpc) is 2.98. The van der Waals surface area contributed by atoms with Gasteiger partial charge in [0.25, 0.3) is 5.91 Å². The van der Waals surface area contributed by atoms with Crippen molar-refractivity contribution in [3.63, 3.8) is 0 Å². The summed E-state index contributed by atoms with van der Waals surface area (Å²) in [6, 6.07) is 8.68. The van der Waals surface area contributed by atoms with E-state index in [2.05, 4.69) is 22.1 Å². The van der Waals surface area contributed by atoms with E-state index in [-0.39, 0.29) is 5.91 Å². The molecular weight excluding hydrogens is 549 g/mol. The number of benzene rings is 2. The molecule has 0 atom stereocenters. The van der Waals surface area contributed by atoms with E-state index in [9.17, 15) is 4.79 Å². The molecule has 1 amide bonds. The molecule has 1 fully saturated rings. The maximum Gasteiger partial charge on any atom is 0.257 e. The third-order valence-electron chi connectivity index (χ3n) is 7.41. The smallest absolute Gasteiger partial charge is 0.257 e. The fourth-order valence-electron chi connectivity index (χ4n) is 5.18. The van der Waals surface area contributed by atoms with Gasteiger partial charge in [-0.25, -0.2) is 4.98 Å². The van der Waals surface area contributed by atoms with E-state index in [0.29, 0.717) is 60.9 Å². The number of ether oxygens (including phenoxy) is 2. The van der Waals surface area contributed by atoms with Gasteiger partial charge < -0.3 is 19.7 Å². The molecule has 0 bridgehead atoms. The summed E-state index contributed by atoms with van der Waals surface area (Å²) < 4.78 is 11.0. The van der Waals surface area contributed by atoms with Gasteiger partial charge in [0.15, 0.2) is 0 Å². The minimum Gasteiger partial charge on any atom is -0.495 e. The standard InChI is InChI=1S/C30H31Cl2N5O3/c1-4-37-12-9-18(10-13-37)14-20-17-34-28-22(30(38)36-19-6-5-11-33-16-19)8-7-21(29(28)35-20)25-26(31)23(39-2)15-24(40-3)27(25)32/h5-8,11,15-18H,4,9-10,12-14H2,1-3H3,(H,36,38). The van der Waals surface area contributed by atoms with E-state index in [1.165, 1.54) is 14.2 Å². The normalized spacial score (nSPS) is 14.3. The molecule has 1 saturated heterocycles. The number of piperidine rings is 1. The van der Waals surface area contributed by atoms with E-state index in [0.717, 1.165) is 44.6 Å². The number of halogens is 2. The molecule has 3 heterocycles. The molecule has 8 nitrogen and oxygen atoms in total. The topological polar surface area (TPSA) is 89.5 Å². The Morgan fingerprint density at radius 3 is 2.40 bits per heavy atom. The van der Waals surface area contributed by atoms with E-state index in [4.69, 9.17) is 42.6 Å². The van der Waals surface area contributed by atoms with Gasteiger partial charge in [-0.05, 0) is 63.0 Å². The second-order valence-corrected chi connectivity index (χ2v) is 10.5. The van der Waals surface area contributed by atoms with Gasteiger partial charge in [-0.15, -0.1) is 0 Å². The number of methoxy groups -OCH3 is 2. The van der Waals surface area contributed by atoms with E-state index in [1.807, 2.05) is 0 Å². The SMILES string of the molecule is CCN1CCC(Cc2cnc3c(C(=O)Nc4cccnc4)ccc(-c4c(Cl)c(OC)cc(OC)c4Cl)c3n2)CC1. The predicted molar refractivity (Wildman–Crippen MR) is 159 cm³/mol. The van der Waals surface area contributed by atoms with Crippen molar-refractivity contribution in [1.29, 1.82) is 0 Å². The number of carbonyl (C=O) groups excluding carboxylic acids is 1. The number of hydrogen-bond acceptors (Lipinski definition) is 7. The Morgan fingerprint density at radius 1 is 1.05 bits per heavy atom. The van der Waals surface area contributed by atoms with Gasteiger partial charge in [-0.1, -0.05) is 36.2 Å². The Labute approximate surface area is 243 Å². The molecule has 5 rings (SSSR count). The quantitative estimate of drug-likeness (QED) is 0.253. The average molecular weight is 581 g/mol. The number of likely N-dealkylation sites (tertiary alicyclic amines) is 1. The van der Waals surface area contributed by atoms with Gasteiger partial charge in [0.1, 0.15) is 17.0 Å². The molecule has 1 aliphatic heterocycles. The predicted octanol–water partition coefficient (Wildman–Crippen LogP) is 6.54. The van der Waals surface area contributed by atoms with Crippen LogP contribution in [0, 0.1) is 5.92 Å². The van der Waals surface area contributed by atoms with Crippen molar-refractivity contribution in [2.45, 2.75) is 26.2 Å². The molecule has 2 aromatic heterocycles. The van der Waals surface area contributed by atoms with Crippen LogP contribution in [0.3, 0.4) is 0 Å². The molecule has 10 heteroatoms. The highest BCUT2D eigenvalue weighted by Gasteiger charge is 2.25. The van der Waals surface area contributed by atoms with Crippen molar-refractivity contribution in [2.75, 3.05) is 39.2 Å². The summed E-state index contributed by atoms with van der Waals surface area (Å²) >= 11 is 13.6. The molecule has 2 aromatic carbocycles. The number of rotatable bonds is 8. The second-order valence-electron chi connectivity index (χ2n) is 9.78. The third-order valence-corrected chi connectivity index (χ3v) is 8.16. The van der Waals surface area contributed by atoms with Crippen LogP contribution in [0.4, 0.5) is 5.69 Å². The highest BCUT2D eigenvalue weighted by atomic mass is 35.5. The maximum atomic E-state index is 13.4. The van der Waals surface area contributed by atoms with Gasteiger partial charge in [0, 0.05) is 29.6 Å². The minimum absolute atomic E-state index is 0.320. The molecule has 40 heavy (non-hydrogen) atoms. The van der Waals surface area contributed by atoms with Crippen LogP contribution in [-0.2, 0) is 6.42 Å². The van der Waals surface area contributed by atoms with Gasteiger partial charge in [0.05, 0.1) is 52.9 Å². The van der Waals surface area contributed by atoms with Crippen molar-refractivity contribution in [1.82, 2.24) is 19.9 Å². The Balaban J connectivity index is 1.63. The van der Waals surface area contributed by atoms with Crippen molar-refractivity contribution >= 4 is 45.8 Å². The van der Waals surface area contributed by atoms with Crippen LogP contribution >= 0.6 is 23.2 Å². The Bertz CT molecular complexity index is 1500. The molecule has 1 aliphatic rings. The maximum absolute atomic E-state index is 13.4. The molecule has 0 unspecified atom stereocenters. The van der Waals surface area contributed by atoms with Crippen LogP contribution in [0.2, 0.25) is 10.0 Å². The Kier molecular flexibility index (Phi) is 8.69. The first-order valence-corrected chi connectivity index (χ1v) is 14.0. The molecule has 0 radical (unpaired) electrons. The number of aromatic nitrogens is 3.